The van der Waals surface area contributed by atoms with Crippen molar-refractivity contribution in [2.45, 2.75) is 32.7 Å². The number of fused-ring (bicyclic) bond motifs is 2. The van der Waals surface area contributed by atoms with Gasteiger partial charge < -0.3 is 9.88 Å². The maximum absolute atomic E-state index is 9.11. The Bertz CT molecular complexity index is 1360. The number of aromatic amines is 1. The number of aryl methyl sites for hydroxylation is 1. The van der Waals surface area contributed by atoms with Crippen LogP contribution >= 0.6 is 0 Å². The maximum atomic E-state index is 9.11. The summed E-state index contributed by atoms with van der Waals surface area (Å²) in [5.74, 6) is 1.10. The third-order valence-corrected chi connectivity index (χ3v) is 7.57. The van der Waals surface area contributed by atoms with E-state index in [0.717, 1.165) is 61.4 Å². The molecule has 6 heteroatoms. The summed E-state index contributed by atoms with van der Waals surface area (Å²) >= 11 is 0. The number of piperidine rings is 1. The summed E-state index contributed by atoms with van der Waals surface area (Å²) in [5, 5.41) is 11.4. The molecule has 166 valence electrons. The van der Waals surface area contributed by atoms with Crippen LogP contribution in [-0.2, 0) is 13.0 Å². The molecule has 0 aliphatic carbocycles. The molecule has 6 rings (SSSR count). The second-order valence-corrected chi connectivity index (χ2v) is 9.75. The van der Waals surface area contributed by atoms with Gasteiger partial charge >= 0.3 is 0 Å². The number of benzene rings is 2. The molecule has 0 bridgehead atoms. The van der Waals surface area contributed by atoms with Gasteiger partial charge in [0.05, 0.1) is 5.52 Å². The van der Waals surface area contributed by atoms with E-state index in [0.29, 0.717) is 11.1 Å². The summed E-state index contributed by atoms with van der Waals surface area (Å²) in [6.07, 6.45) is 5.20. The van der Waals surface area contributed by atoms with Crippen LogP contribution in [0.4, 0.5) is 5.82 Å². The monoisotopic (exact) mass is 436 g/mol. The molecule has 1 N–H and O–H groups in total. The zero-order valence-corrected chi connectivity index (χ0v) is 19.0. The highest BCUT2D eigenvalue weighted by Gasteiger charge is 2.45. The molecular weight excluding hydrogens is 408 g/mol. The molecule has 4 aromatic rings. The summed E-state index contributed by atoms with van der Waals surface area (Å²) < 4.78 is 0. The Kier molecular flexibility index (Phi) is 4.81. The number of nitriles is 1. The second-order valence-electron chi connectivity index (χ2n) is 9.75. The maximum Gasteiger partial charge on any atom is 0.139 e. The van der Waals surface area contributed by atoms with Crippen molar-refractivity contribution in [1.82, 2.24) is 19.9 Å². The minimum atomic E-state index is 0.419. The van der Waals surface area contributed by atoms with E-state index in [1.54, 1.807) is 6.33 Å². The molecule has 0 atom stereocenters. The van der Waals surface area contributed by atoms with Crippen molar-refractivity contribution in [3.8, 4) is 6.07 Å². The highest BCUT2D eigenvalue weighted by molar-refractivity contribution is 5.90. The van der Waals surface area contributed by atoms with E-state index in [2.05, 4.69) is 74.1 Å². The Hall–Kier alpha value is -3.43. The Morgan fingerprint density at radius 2 is 1.85 bits per heavy atom. The van der Waals surface area contributed by atoms with E-state index in [9.17, 15) is 0 Å². The molecule has 2 aliphatic rings. The van der Waals surface area contributed by atoms with Crippen molar-refractivity contribution in [3.63, 3.8) is 0 Å². The molecule has 0 radical (unpaired) electrons. The molecule has 2 fully saturated rings. The number of likely N-dealkylation sites (tertiary alicyclic amines) is 1. The van der Waals surface area contributed by atoms with Crippen LogP contribution in [0.25, 0.3) is 21.8 Å². The number of hydrogen-bond acceptors (Lipinski definition) is 5. The fraction of sp³-hybridized carbons (Fsp3) is 0.370. The number of hydrogen-bond donors (Lipinski definition) is 1. The van der Waals surface area contributed by atoms with Gasteiger partial charge in [-0.3, -0.25) is 4.90 Å². The van der Waals surface area contributed by atoms with Gasteiger partial charge in [-0.2, -0.15) is 5.26 Å². The van der Waals surface area contributed by atoms with E-state index in [1.807, 2.05) is 6.07 Å². The normalized spacial score (nSPS) is 18.0. The fourth-order valence-corrected chi connectivity index (χ4v) is 5.58. The molecule has 2 aliphatic heterocycles. The lowest BCUT2D eigenvalue weighted by atomic mass is 9.72. The molecule has 1 spiro atoms. The van der Waals surface area contributed by atoms with Gasteiger partial charge in [0.1, 0.15) is 23.9 Å². The Balaban J connectivity index is 1.10. The van der Waals surface area contributed by atoms with Crippen LogP contribution in [0.3, 0.4) is 0 Å². The molecule has 2 aromatic heterocycles. The number of anilines is 1. The van der Waals surface area contributed by atoms with Gasteiger partial charge in [-0.15, -0.1) is 0 Å². The van der Waals surface area contributed by atoms with Gasteiger partial charge in [0.25, 0.3) is 0 Å². The summed E-state index contributed by atoms with van der Waals surface area (Å²) in [6.45, 7) is 7.61. The minimum Gasteiger partial charge on any atom is -0.355 e. The summed E-state index contributed by atoms with van der Waals surface area (Å²) in [6, 6.07) is 17.2. The highest BCUT2D eigenvalue weighted by atomic mass is 15.3. The van der Waals surface area contributed by atoms with Crippen LogP contribution in [-0.4, -0.2) is 46.0 Å². The molecule has 33 heavy (non-hydrogen) atoms. The smallest absolute Gasteiger partial charge is 0.139 e. The Morgan fingerprint density at radius 1 is 1.03 bits per heavy atom. The quantitative estimate of drug-likeness (QED) is 0.504. The van der Waals surface area contributed by atoms with Gasteiger partial charge in [0.2, 0.25) is 0 Å². The lowest BCUT2D eigenvalue weighted by Crippen LogP contribution is -2.60. The number of nitrogens with one attached hydrogen (secondary N) is 1. The first-order valence-electron chi connectivity index (χ1n) is 11.9. The molecule has 0 saturated carbocycles. The van der Waals surface area contributed by atoms with Crippen LogP contribution in [0.15, 0.2) is 48.8 Å². The molecule has 0 amide bonds. The Morgan fingerprint density at radius 3 is 2.64 bits per heavy atom. The predicted molar refractivity (Wildman–Crippen MR) is 131 cm³/mol. The van der Waals surface area contributed by atoms with E-state index < -0.39 is 0 Å². The first-order chi connectivity index (χ1) is 16.1. The molecule has 2 aromatic carbocycles. The van der Waals surface area contributed by atoms with Gasteiger partial charge in [0.15, 0.2) is 0 Å². The average Bonchev–Trinajstić information content (AvgIpc) is 3.25. The van der Waals surface area contributed by atoms with Gasteiger partial charge in [-0.05, 0) is 73.8 Å². The molecule has 0 unspecified atom stereocenters. The van der Waals surface area contributed by atoms with Crippen molar-refractivity contribution >= 4 is 27.6 Å². The van der Waals surface area contributed by atoms with E-state index in [1.165, 1.54) is 29.4 Å². The van der Waals surface area contributed by atoms with Crippen LogP contribution in [0, 0.1) is 16.7 Å². The van der Waals surface area contributed by atoms with Gasteiger partial charge in [0, 0.05) is 41.3 Å². The first kappa shape index (κ1) is 20.2. The van der Waals surface area contributed by atoms with Crippen molar-refractivity contribution in [2.75, 3.05) is 31.1 Å². The van der Waals surface area contributed by atoms with Crippen LogP contribution < -0.4 is 4.90 Å². The van der Waals surface area contributed by atoms with Gasteiger partial charge in [-0.1, -0.05) is 19.1 Å². The molecule has 4 heterocycles. The van der Waals surface area contributed by atoms with E-state index >= 15 is 0 Å². The third kappa shape index (κ3) is 3.63. The zero-order chi connectivity index (χ0) is 22.4. The number of rotatable bonds is 4. The topological polar surface area (TPSA) is 71.8 Å². The molecule has 2 saturated heterocycles. The third-order valence-electron chi connectivity index (χ3n) is 7.57. The summed E-state index contributed by atoms with van der Waals surface area (Å²) in [7, 11) is 0. The largest absolute Gasteiger partial charge is 0.355 e. The number of nitrogens with zero attached hydrogens (tertiary/aromatic N) is 5. The fourth-order valence-electron chi connectivity index (χ4n) is 5.58. The van der Waals surface area contributed by atoms with E-state index in [4.69, 9.17) is 5.26 Å². The highest BCUT2D eigenvalue weighted by Crippen LogP contribution is 2.43. The van der Waals surface area contributed by atoms with Gasteiger partial charge in [-0.25, -0.2) is 9.97 Å². The van der Waals surface area contributed by atoms with Crippen molar-refractivity contribution in [3.05, 3.63) is 65.6 Å². The van der Waals surface area contributed by atoms with Crippen LogP contribution in [0.1, 0.15) is 36.6 Å². The lowest BCUT2D eigenvalue weighted by Gasteiger charge is -2.54. The van der Waals surface area contributed by atoms with Crippen LogP contribution in [0.2, 0.25) is 0 Å². The molecular formula is C27H28N6. The van der Waals surface area contributed by atoms with Crippen molar-refractivity contribution < 1.29 is 0 Å². The lowest BCUT2D eigenvalue weighted by molar-refractivity contribution is 0.0721. The summed E-state index contributed by atoms with van der Waals surface area (Å²) in [4.78, 5) is 17.3. The van der Waals surface area contributed by atoms with Crippen molar-refractivity contribution in [2.24, 2.45) is 5.41 Å². The van der Waals surface area contributed by atoms with Crippen LogP contribution in [0.5, 0.6) is 0 Å². The summed E-state index contributed by atoms with van der Waals surface area (Å²) in [5.41, 5.74) is 5.77. The SMILES string of the molecule is CCc1ccc2ncnc(N3CC4(CCN(Cc5ccc6[nH]c(C#N)cc6c5)CC4)C3)c2c1. The molecule has 6 nitrogen and oxygen atoms in total. The van der Waals surface area contributed by atoms with Crippen molar-refractivity contribution in [1.29, 1.82) is 5.26 Å². The Labute approximate surface area is 193 Å². The standard InChI is InChI=1S/C27H28N6/c1-2-19-3-6-25-23(12-19)26(30-18-29-25)33-16-27(17-33)7-9-32(10-8-27)15-20-4-5-24-21(11-20)13-22(14-28)31-24/h3-6,11-13,18,31H,2,7-10,15-17H2,1H3. The second kappa shape index (κ2) is 7.86. The minimum absolute atomic E-state index is 0.419. The first-order valence-corrected chi connectivity index (χ1v) is 11.9. The number of aromatic nitrogens is 3. The van der Waals surface area contributed by atoms with E-state index in [-0.39, 0.29) is 0 Å². The predicted octanol–water partition coefficient (Wildman–Crippen LogP) is 4.65. The zero-order valence-electron chi connectivity index (χ0n) is 19.0. The average molecular weight is 437 g/mol. The number of H-pyrrole nitrogens is 1.